The van der Waals surface area contributed by atoms with Crippen molar-refractivity contribution in [3.63, 3.8) is 0 Å². The number of nitrogens with one attached hydrogen (secondary N) is 1. The molecular weight excluding hydrogens is 218 g/mol. The quantitative estimate of drug-likeness (QED) is 0.720. The van der Waals surface area contributed by atoms with Crippen LogP contribution >= 0.6 is 0 Å². The molecule has 1 aromatic heterocycles. The maximum atomic E-state index is 5.32. The van der Waals surface area contributed by atoms with Gasteiger partial charge in [-0.15, -0.1) is 0 Å². The van der Waals surface area contributed by atoms with Gasteiger partial charge in [0.2, 0.25) is 0 Å². The second-order valence-electron chi connectivity index (χ2n) is 4.11. The Kier molecular flexibility index (Phi) is 5.61. The summed E-state index contributed by atoms with van der Waals surface area (Å²) < 4.78 is 12.5. The SMILES string of the molecule is CCNC(Cc1cc(C)nn1C)C(OC)OC. The molecule has 0 aromatic carbocycles. The number of hydrogen-bond acceptors (Lipinski definition) is 4. The number of likely N-dealkylation sites (N-methyl/N-ethyl adjacent to an activating group) is 1. The Bertz CT molecular complexity index is 334. The molecule has 1 rings (SSSR count). The lowest BCUT2D eigenvalue weighted by atomic mass is 10.1. The topological polar surface area (TPSA) is 48.3 Å². The van der Waals surface area contributed by atoms with Gasteiger partial charge in [-0.25, -0.2) is 0 Å². The molecule has 5 nitrogen and oxygen atoms in total. The number of nitrogens with zero attached hydrogens (tertiary/aromatic N) is 2. The Labute approximate surface area is 103 Å². The summed E-state index contributed by atoms with van der Waals surface area (Å²) in [6.07, 6.45) is 0.586. The van der Waals surface area contributed by atoms with E-state index < -0.39 is 0 Å². The zero-order chi connectivity index (χ0) is 12.8. The van der Waals surface area contributed by atoms with Crippen LogP contribution in [0.1, 0.15) is 18.3 Å². The minimum Gasteiger partial charge on any atom is -0.354 e. The minimum absolute atomic E-state index is 0.129. The van der Waals surface area contributed by atoms with Gasteiger partial charge in [0.25, 0.3) is 0 Å². The van der Waals surface area contributed by atoms with E-state index in [0.717, 1.165) is 18.7 Å². The molecule has 0 aliphatic heterocycles. The van der Waals surface area contributed by atoms with E-state index in [9.17, 15) is 0 Å². The van der Waals surface area contributed by atoms with Crippen LogP contribution in [0.2, 0.25) is 0 Å². The molecule has 5 heteroatoms. The second-order valence-corrected chi connectivity index (χ2v) is 4.11. The standard InChI is InChI=1S/C12H23N3O2/c1-6-13-11(12(16-4)17-5)8-10-7-9(2)14-15(10)3/h7,11-13H,6,8H2,1-5H3. The summed E-state index contributed by atoms with van der Waals surface area (Å²) in [7, 11) is 5.28. The molecule has 0 bridgehead atoms. The monoisotopic (exact) mass is 241 g/mol. The lowest BCUT2D eigenvalue weighted by Crippen LogP contribution is -2.43. The molecule has 0 saturated carbocycles. The highest BCUT2D eigenvalue weighted by atomic mass is 16.7. The van der Waals surface area contributed by atoms with Gasteiger partial charge in [-0.2, -0.15) is 5.10 Å². The first-order valence-corrected chi connectivity index (χ1v) is 5.90. The van der Waals surface area contributed by atoms with Crippen molar-refractivity contribution < 1.29 is 9.47 Å². The summed E-state index contributed by atoms with van der Waals surface area (Å²) in [5, 5.41) is 7.72. The fraction of sp³-hybridized carbons (Fsp3) is 0.750. The van der Waals surface area contributed by atoms with Gasteiger partial charge in [-0.1, -0.05) is 6.92 Å². The Morgan fingerprint density at radius 3 is 2.47 bits per heavy atom. The first-order chi connectivity index (χ1) is 8.12. The smallest absolute Gasteiger partial charge is 0.172 e. The second kappa shape index (κ2) is 6.74. The van der Waals surface area contributed by atoms with E-state index in [2.05, 4.69) is 23.4 Å². The van der Waals surface area contributed by atoms with E-state index in [-0.39, 0.29) is 12.3 Å². The van der Waals surface area contributed by atoms with Gasteiger partial charge in [-0.3, -0.25) is 4.68 Å². The van der Waals surface area contributed by atoms with Crippen molar-refractivity contribution in [3.8, 4) is 0 Å². The highest BCUT2D eigenvalue weighted by Gasteiger charge is 2.21. The van der Waals surface area contributed by atoms with Crippen molar-refractivity contribution in [3.05, 3.63) is 17.5 Å². The van der Waals surface area contributed by atoms with Gasteiger partial charge in [0.15, 0.2) is 6.29 Å². The molecule has 0 saturated heterocycles. The van der Waals surface area contributed by atoms with Gasteiger partial charge in [0.1, 0.15) is 0 Å². The molecule has 1 atom stereocenters. The lowest BCUT2D eigenvalue weighted by Gasteiger charge is -2.25. The molecule has 0 fully saturated rings. The van der Waals surface area contributed by atoms with Gasteiger partial charge in [-0.05, 0) is 19.5 Å². The van der Waals surface area contributed by atoms with Crippen LogP contribution in [0.5, 0.6) is 0 Å². The normalized spacial score (nSPS) is 13.3. The minimum atomic E-state index is -0.245. The molecule has 1 heterocycles. The molecule has 0 spiro atoms. The molecule has 1 aromatic rings. The summed E-state index contributed by atoms with van der Waals surface area (Å²) in [4.78, 5) is 0. The Balaban J connectivity index is 2.75. The van der Waals surface area contributed by atoms with Crippen LogP contribution in [0.3, 0.4) is 0 Å². The number of aryl methyl sites for hydroxylation is 2. The summed E-state index contributed by atoms with van der Waals surface area (Å²) >= 11 is 0. The number of methoxy groups -OCH3 is 2. The first-order valence-electron chi connectivity index (χ1n) is 5.90. The van der Waals surface area contributed by atoms with Crippen LogP contribution in [0, 0.1) is 6.92 Å². The Morgan fingerprint density at radius 1 is 1.41 bits per heavy atom. The number of ether oxygens (including phenoxy) is 2. The van der Waals surface area contributed by atoms with Gasteiger partial charge < -0.3 is 14.8 Å². The fourth-order valence-electron chi connectivity index (χ4n) is 2.03. The third-order valence-electron chi connectivity index (χ3n) is 2.79. The zero-order valence-electron chi connectivity index (χ0n) is 11.4. The van der Waals surface area contributed by atoms with Crippen molar-refractivity contribution in [2.45, 2.75) is 32.6 Å². The maximum absolute atomic E-state index is 5.32. The third kappa shape index (κ3) is 3.80. The molecule has 1 N–H and O–H groups in total. The van der Waals surface area contributed by atoms with Crippen LogP contribution in [0.15, 0.2) is 6.07 Å². The number of hydrogen-bond donors (Lipinski definition) is 1. The Morgan fingerprint density at radius 2 is 2.06 bits per heavy atom. The molecule has 17 heavy (non-hydrogen) atoms. The number of aromatic nitrogens is 2. The number of rotatable bonds is 7. The zero-order valence-corrected chi connectivity index (χ0v) is 11.4. The summed E-state index contributed by atoms with van der Waals surface area (Å²) in [5.74, 6) is 0. The molecule has 0 aliphatic rings. The third-order valence-corrected chi connectivity index (χ3v) is 2.79. The Hall–Kier alpha value is -0.910. The van der Waals surface area contributed by atoms with Gasteiger partial charge in [0, 0.05) is 33.4 Å². The van der Waals surface area contributed by atoms with E-state index >= 15 is 0 Å². The van der Waals surface area contributed by atoms with E-state index in [4.69, 9.17) is 9.47 Å². The van der Waals surface area contributed by atoms with Crippen LogP contribution < -0.4 is 5.32 Å². The highest BCUT2D eigenvalue weighted by Crippen LogP contribution is 2.10. The lowest BCUT2D eigenvalue weighted by molar-refractivity contribution is -0.122. The molecule has 0 radical (unpaired) electrons. The predicted molar refractivity (Wildman–Crippen MR) is 66.9 cm³/mol. The maximum Gasteiger partial charge on any atom is 0.172 e. The van der Waals surface area contributed by atoms with Crippen molar-refractivity contribution in [2.24, 2.45) is 7.05 Å². The molecule has 0 amide bonds. The molecule has 98 valence electrons. The predicted octanol–water partition coefficient (Wildman–Crippen LogP) is 0.868. The molecule has 1 unspecified atom stereocenters. The fourth-order valence-corrected chi connectivity index (χ4v) is 2.03. The van der Waals surface area contributed by atoms with E-state index in [0.29, 0.717) is 0 Å². The van der Waals surface area contributed by atoms with Crippen LogP contribution in [0.25, 0.3) is 0 Å². The van der Waals surface area contributed by atoms with Crippen molar-refractivity contribution in [1.29, 1.82) is 0 Å². The van der Waals surface area contributed by atoms with E-state index in [1.54, 1.807) is 14.2 Å². The highest BCUT2D eigenvalue weighted by molar-refractivity contribution is 5.10. The van der Waals surface area contributed by atoms with Crippen LogP contribution in [-0.2, 0) is 22.9 Å². The van der Waals surface area contributed by atoms with E-state index in [1.807, 2.05) is 18.7 Å². The van der Waals surface area contributed by atoms with Crippen LogP contribution in [-0.4, -0.2) is 42.9 Å². The van der Waals surface area contributed by atoms with E-state index in [1.165, 1.54) is 5.69 Å². The molecule has 0 aliphatic carbocycles. The van der Waals surface area contributed by atoms with Gasteiger partial charge in [0.05, 0.1) is 11.7 Å². The molecular formula is C12H23N3O2. The van der Waals surface area contributed by atoms with Gasteiger partial charge >= 0.3 is 0 Å². The summed E-state index contributed by atoms with van der Waals surface area (Å²) in [6.45, 7) is 4.95. The average molecular weight is 241 g/mol. The van der Waals surface area contributed by atoms with Crippen molar-refractivity contribution in [2.75, 3.05) is 20.8 Å². The summed E-state index contributed by atoms with van der Waals surface area (Å²) in [6, 6.07) is 2.22. The van der Waals surface area contributed by atoms with Crippen LogP contribution in [0.4, 0.5) is 0 Å². The first kappa shape index (κ1) is 14.2. The summed E-state index contributed by atoms with van der Waals surface area (Å²) in [5.41, 5.74) is 2.21. The largest absolute Gasteiger partial charge is 0.354 e. The van der Waals surface area contributed by atoms with Crippen molar-refractivity contribution >= 4 is 0 Å². The average Bonchev–Trinajstić information content (AvgIpc) is 2.59. The van der Waals surface area contributed by atoms with Crippen molar-refractivity contribution in [1.82, 2.24) is 15.1 Å².